The van der Waals surface area contributed by atoms with Gasteiger partial charge < -0.3 is 25.2 Å². The average Bonchev–Trinajstić information content (AvgIpc) is 3.73. The maximum Gasteiger partial charge on any atom is 0.261 e. The van der Waals surface area contributed by atoms with Gasteiger partial charge in [-0.2, -0.15) is 0 Å². The van der Waals surface area contributed by atoms with Crippen molar-refractivity contribution >= 4 is 45.8 Å². The Hall–Kier alpha value is -3.38. The van der Waals surface area contributed by atoms with Crippen LogP contribution in [-0.2, 0) is 14.3 Å². The van der Waals surface area contributed by atoms with Crippen molar-refractivity contribution in [3.8, 4) is 0 Å². The first-order chi connectivity index (χ1) is 20.9. The first kappa shape index (κ1) is 29.7. The molecule has 0 saturated carbocycles. The normalized spacial score (nSPS) is 19.9. The molecule has 3 saturated heterocycles. The van der Waals surface area contributed by atoms with Crippen LogP contribution in [0.5, 0.6) is 0 Å². The van der Waals surface area contributed by atoms with Crippen LogP contribution in [0.25, 0.3) is 10.8 Å². The molecule has 0 aromatic heterocycles. The highest BCUT2D eigenvalue weighted by molar-refractivity contribution is 6.26. The van der Waals surface area contributed by atoms with Gasteiger partial charge in [0.25, 0.3) is 11.8 Å². The van der Waals surface area contributed by atoms with E-state index < -0.39 is 0 Å². The lowest BCUT2D eigenvalue weighted by atomic mass is 9.92. The summed E-state index contributed by atoms with van der Waals surface area (Å²) in [6.45, 7) is 9.05. The molecule has 11 heteroatoms. The number of hydrogen-bond donors (Lipinski definition) is 2. The molecule has 11 nitrogen and oxygen atoms in total. The summed E-state index contributed by atoms with van der Waals surface area (Å²) in [6.07, 6.45) is 5.39. The number of rotatable bonds is 11. The summed E-state index contributed by atoms with van der Waals surface area (Å²) in [5.74, 6) is -0.972. The number of carbonyl (C=O) groups is 4. The summed E-state index contributed by atoms with van der Waals surface area (Å²) in [7, 11) is 0. The van der Waals surface area contributed by atoms with E-state index in [4.69, 9.17) is 4.74 Å². The Morgan fingerprint density at radius 2 is 1.09 bits per heavy atom. The lowest BCUT2D eigenvalue weighted by molar-refractivity contribution is -0.117. The number of imide groups is 1. The molecule has 4 amide bonds. The van der Waals surface area contributed by atoms with Gasteiger partial charge in [0.15, 0.2) is 0 Å². The second-order valence-electron chi connectivity index (χ2n) is 12.1. The Morgan fingerprint density at radius 3 is 1.58 bits per heavy atom. The molecule has 3 fully saturated rings. The van der Waals surface area contributed by atoms with Gasteiger partial charge in [-0.25, -0.2) is 0 Å². The van der Waals surface area contributed by atoms with E-state index in [1.165, 1.54) is 4.90 Å². The number of hydrogen-bond acceptors (Lipinski definition) is 8. The third-order valence-corrected chi connectivity index (χ3v) is 9.02. The first-order valence-electron chi connectivity index (χ1n) is 15.8. The van der Waals surface area contributed by atoms with E-state index in [0.29, 0.717) is 79.0 Å². The van der Waals surface area contributed by atoms with Gasteiger partial charge in [-0.1, -0.05) is 0 Å². The van der Waals surface area contributed by atoms with E-state index in [2.05, 4.69) is 25.3 Å². The molecule has 0 aliphatic carbocycles. The fourth-order valence-corrected chi connectivity index (χ4v) is 6.63. The average molecular weight is 591 g/mol. The van der Waals surface area contributed by atoms with Crippen molar-refractivity contribution in [1.29, 1.82) is 0 Å². The largest absolute Gasteiger partial charge is 0.379 e. The van der Waals surface area contributed by atoms with E-state index in [9.17, 15) is 19.2 Å². The molecule has 0 spiro atoms. The van der Waals surface area contributed by atoms with Gasteiger partial charge in [0.05, 0.1) is 24.3 Å². The van der Waals surface area contributed by atoms with E-state index in [1.54, 1.807) is 24.3 Å². The molecule has 43 heavy (non-hydrogen) atoms. The summed E-state index contributed by atoms with van der Waals surface area (Å²) in [5, 5.41) is 7.16. The molecule has 6 rings (SSSR count). The highest BCUT2D eigenvalue weighted by atomic mass is 16.5. The molecule has 2 N–H and O–H groups in total. The van der Waals surface area contributed by atoms with Crippen molar-refractivity contribution in [3.63, 3.8) is 0 Å². The Balaban J connectivity index is 1.25. The molecule has 230 valence electrons. The van der Waals surface area contributed by atoms with Crippen LogP contribution in [-0.4, -0.2) is 122 Å². The monoisotopic (exact) mass is 590 g/mol. The maximum atomic E-state index is 13.8. The highest BCUT2D eigenvalue weighted by Gasteiger charge is 2.34. The molecular formula is C32H42N6O5. The van der Waals surface area contributed by atoms with E-state index >= 15 is 0 Å². The fraction of sp³-hybridized carbons (Fsp3) is 0.562. The van der Waals surface area contributed by atoms with Crippen molar-refractivity contribution < 1.29 is 23.9 Å². The number of morpholine rings is 1. The number of nitrogens with zero attached hydrogens (tertiary/aromatic N) is 4. The number of anilines is 2. The summed E-state index contributed by atoms with van der Waals surface area (Å²) >= 11 is 0. The third kappa shape index (κ3) is 7.06. The molecule has 0 unspecified atom stereocenters. The minimum Gasteiger partial charge on any atom is -0.379 e. The summed E-state index contributed by atoms with van der Waals surface area (Å²) in [4.78, 5) is 61.4. The van der Waals surface area contributed by atoms with Crippen LogP contribution in [0.3, 0.4) is 0 Å². The number of nitrogens with one attached hydrogen (secondary N) is 2. The van der Waals surface area contributed by atoms with Crippen LogP contribution < -0.4 is 10.6 Å². The predicted molar refractivity (Wildman–Crippen MR) is 164 cm³/mol. The predicted octanol–water partition coefficient (Wildman–Crippen LogP) is 2.62. The van der Waals surface area contributed by atoms with Crippen molar-refractivity contribution in [2.75, 3.05) is 89.3 Å². The van der Waals surface area contributed by atoms with Gasteiger partial charge >= 0.3 is 0 Å². The Labute approximate surface area is 252 Å². The number of carbonyl (C=O) groups excluding carboxylic acids is 4. The summed E-state index contributed by atoms with van der Waals surface area (Å²) < 4.78 is 5.44. The number of amides is 4. The first-order valence-corrected chi connectivity index (χ1v) is 15.8. The van der Waals surface area contributed by atoms with Crippen LogP contribution in [0.15, 0.2) is 24.3 Å². The molecule has 4 heterocycles. The number of likely N-dealkylation sites (tertiary alicyclic amines) is 2. The van der Waals surface area contributed by atoms with Crippen LogP contribution >= 0.6 is 0 Å². The van der Waals surface area contributed by atoms with E-state index in [1.807, 2.05) is 0 Å². The minimum atomic E-state index is -0.369. The van der Waals surface area contributed by atoms with Crippen LogP contribution in [0.1, 0.15) is 59.2 Å². The van der Waals surface area contributed by atoms with Gasteiger partial charge in [0, 0.05) is 68.9 Å². The Bertz CT molecular complexity index is 1290. The van der Waals surface area contributed by atoms with Gasteiger partial charge in [0.2, 0.25) is 11.8 Å². The lowest BCUT2D eigenvalue weighted by Crippen LogP contribution is -2.46. The number of ether oxygens (including phenoxy) is 1. The van der Waals surface area contributed by atoms with E-state index in [0.717, 1.165) is 65.0 Å². The molecule has 4 aliphatic rings. The van der Waals surface area contributed by atoms with E-state index in [-0.39, 0.29) is 30.2 Å². The molecule has 0 atom stereocenters. The fourth-order valence-electron chi connectivity index (χ4n) is 6.63. The zero-order valence-electron chi connectivity index (χ0n) is 24.9. The topological polar surface area (TPSA) is 115 Å². The third-order valence-electron chi connectivity index (χ3n) is 9.02. The number of benzene rings is 2. The van der Waals surface area contributed by atoms with Gasteiger partial charge in [0.1, 0.15) is 0 Å². The second kappa shape index (κ2) is 13.5. The summed E-state index contributed by atoms with van der Waals surface area (Å²) in [6, 6.07) is 6.95. The smallest absolute Gasteiger partial charge is 0.261 e. The van der Waals surface area contributed by atoms with Crippen LogP contribution in [0.2, 0.25) is 0 Å². The molecule has 0 bridgehead atoms. The summed E-state index contributed by atoms with van der Waals surface area (Å²) in [5.41, 5.74) is 1.79. The standard InChI is InChI=1S/C32H42N6O5/c39-28(5-11-35-7-1-2-8-35)33-24-19-23-20-25(34-29(40)6-12-36-9-3-4-10-36)22-27-30(23)26(21-24)31(41)38(32(27)42)14-13-37-15-17-43-18-16-37/h19-22H,1-18H2,(H,33,39)(H,34,40). The van der Waals surface area contributed by atoms with Crippen molar-refractivity contribution in [2.45, 2.75) is 38.5 Å². The van der Waals surface area contributed by atoms with Crippen LogP contribution in [0, 0.1) is 0 Å². The Kier molecular flexibility index (Phi) is 9.32. The lowest BCUT2D eigenvalue weighted by Gasteiger charge is -2.32. The molecule has 2 aromatic rings. The molecule has 0 radical (unpaired) electrons. The van der Waals surface area contributed by atoms with Gasteiger partial charge in [-0.15, -0.1) is 0 Å². The molecule has 2 aromatic carbocycles. The molecular weight excluding hydrogens is 548 g/mol. The minimum absolute atomic E-state index is 0.117. The van der Waals surface area contributed by atoms with Crippen molar-refractivity contribution in [1.82, 2.24) is 19.6 Å². The van der Waals surface area contributed by atoms with Crippen LogP contribution in [0.4, 0.5) is 11.4 Å². The zero-order valence-corrected chi connectivity index (χ0v) is 24.9. The molecule has 4 aliphatic heterocycles. The highest BCUT2D eigenvalue weighted by Crippen LogP contribution is 2.35. The maximum absolute atomic E-state index is 13.8. The second-order valence-corrected chi connectivity index (χ2v) is 12.1. The zero-order chi connectivity index (χ0) is 29.8. The Morgan fingerprint density at radius 1 is 0.628 bits per heavy atom. The van der Waals surface area contributed by atoms with Crippen molar-refractivity contribution in [3.05, 3.63) is 35.4 Å². The van der Waals surface area contributed by atoms with Crippen molar-refractivity contribution in [2.24, 2.45) is 0 Å². The quantitative estimate of drug-likeness (QED) is 0.384. The van der Waals surface area contributed by atoms with Gasteiger partial charge in [-0.3, -0.25) is 29.0 Å². The SMILES string of the molecule is O=C(CCN1CCCC1)Nc1cc2c3c(cc(NC(=O)CCN4CCCC4)cc3c1)C(=O)N(CCN1CCOCC1)C2=O. The van der Waals surface area contributed by atoms with Gasteiger partial charge in [-0.05, 0) is 81.5 Å².